The molecule has 0 aromatic heterocycles. The highest BCUT2D eigenvalue weighted by Gasteiger charge is 2.48. The molecule has 126 valence electrons. The molecule has 6 heteroatoms. The molecule has 1 aromatic carbocycles. The Kier molecular flexibility index (Phi) is 5.47. The Labute approximate surface area is 135 Å². The van der Waals surface area contributed by atoms with Crippen molar-refractivity contribution in [1.29, 1.82) is 0 Å². The molecule has 3 atom stereocenters. The van der Waals surface area contributed by atoms with Crippen molar-refractivity contribution < 1.29 is 24.2 Å². The molecule has 0 unspecified atom stereocenters. The number of carboxylic acid groups (broad SMARTS) is 1. The van der Waals surface area contributed by atoms with Gasteiger partial charge < -0.3 is 19.9 Å². The third-order valence-electron chi connectivity index (χ3n) is 3.87. The molecule has 1 aliphatic carbocycles. The highest BCUT2D eigenvalue weighted by molar-refractivity contribution is 5.89. The minimum absolute atomic E-state index is 0.211. The van der Waals surface area contributed by atoms with Gasteiger partial charge in [0.2, 0.25) is 5.91 Å². The van der Waals surface area contributed by atoms with Crippen molar-refractivity contribution >= 4 is 11.9 Å². The van der Waals surface area contributed by atoms with Gasteiger partial charge >= 0.3 is 5.97 Å². The fourth-order valence-electron chi connectivity index (χ4n) is 2.50. The molecule has 0 aliphatic heterocycles. The molecule has 0 saturated heterocycles. The summed E-state index contributed by atoms with van der Waals surface area (Å²) in [5.41, 5.74) is 0.887. The number of hydrogen-bond donors (Lipinski definition) is 2. The molecule has 6 nitrogen and oxygen atoms in total. The number of carbonyl (C=O) groups excluding carboxylic acids is 1. The van der Waals surface area contributed by atoms with E-state index < -0.39 is 17.8 Å². The average Bonchev–Trinajstić information content (AvgIpc) is 3.30. The van der Waals surface area contributed by atoms with Crippen molar-refractivity contribution in [3.8, 4) is 11.5 Å². The third-order valence-corrected chi connectivity index (χ3v) is 3.87. The first kappa shape index (κ1) is 17.1. The number of carboxylic acids is 1. The van der Waals surface area contributed by atoms with Crippen LogP contribution in [0.3, 0.4) is 0 Å². The first-order valence-corrected chi connectivity index (χ1v) is 7.90. The molecule has 0 bridgehead atoms. The van der Waals surface area contributed by atoms with Crippen LogP contribution < -0.4 is 14.8 Å². The SMILES string of the molecule is CCOc1ccc([C@H](C)NC(=O)[C@H]2C[C@H]2C(=O)O)cc1OCC. The summed E-state index contributed by atoms with van der Waals surface area (Å²) in [5, 5.41) is 11.8. The fraction of sp³-hybridized carbons (Fsp3) is 0.529. The number of rotatable bonds is 8. The van der Waals surface area contributed by atoms with Gasteiger partial charge in [-0.05, 0) is 44.9 Å². The van der Waals surface area contributed by atoms with Gasteiger partial charge in [0.05, 0.1) is 31.1 Å². The van der Waals surface area contributed by atoms with Gasteiger partial charge in [-0.3, -0.25) is 9.59 Å². The molecule has 0 radical (unpaired) electrons. The highest BCUT2D eigenvalue weighted by atomic mass is 16.5. The zero-order valence-corrected chi connectivity index (χ0v) is 13.7. The van der Waals surface area contributed by atoms with Crippen LogP contribution in [0.1, 0.15) is 38.8 Å². The predicted molar refractivity (Wildman–Crippen MR) is 84.6 cm³/mol. The monoisotopic (exact) mass is 321 g/mol. The number of aliphatic carboxylic acids is 1. The predicted octanol–water partition coefficient (Wildman–Crippen LogP) is 2.38. The number of carbonyl (C=O) groups is 2. The molecule has 23 heavy (non-hydrogen) atoms. The summed E-state index contributed by atoms with van der Waals surface area (Å²) >= 11 is 0. The summed E-state index contributed by atoms with van der Waals surface area (Å²) in [6, 6.07) is 5.32. The quantitative estimate of drug-likeness (QED) is 0.768. The van der Waals surface area contributed by atoms with Gasteiger partial charge in [0.1, 0.15) is 0 Å². The van der Waals surface area contributed by atoms with E-state index in [0.29, 0.717) is 31.1 Å². The van der Waals surface area contributed by atoms with Crippen LogP contribution in [0.2, 0.25) is 0 Å². The molecule has 1 fully saturated rings. The average molecular weight is 321 g/mol. The summed E-state index contributed by atoms with van der Waals surface area (Å²) in [4.78, 5) is 22.9. The van der Waals surface area contributed by atoms with Crippen LogP contribution in [-0.2, 0) is 9.59 Å². The summed E-state index contributed by atoms with van der Waals surface area (Å²) < 4.78 is 11.1. The van der Waals surface area contributed by atoms with E-state index in [4.69, 9.17) is 14.6 Å². The second-order valence-electron chi connectivity index (χ2n) is 5.59. The van der Waals surface area contributed by atoms with Crippen molar-refractivity contribution in [1.82, 2.24) is 5.32 Å². The number of ether oxygens (including phenoxy) is 2. The molecular weight excluding hydrogens is 298 g/mol. The standard InChI is InChI=1S/C17H23NO5/c1-4-22-14-7-6-11(8-15(14)23-5-2)10(3)18-16(19)12-9-13(12)17(20)21/h6-8,10,12-13H,4-5,9H2,1-3H3,(H,18,19)(H,20,21)/t10-,12-,13+/m0/s1. The Balaban J connectivity index is 2.04. The lowest BCUT2D eigenvalue weighted by Crippen LogP contribution is -2.29. The molecule has 2 N–H and O–H groups in total. The summed E-state index contributed by atoms with van der Waals surface area (Å²) in [5.74, 6) is -0.757. The topological polar surface area (TPSA) is 84.9 Å². The lowest BCUT2D eigenvalue weighted by molar-refractivity contribution is -0.140. The van der Waals surface area contributed by atoms with Crippen LogP contribution in [0.4, 0.5) is 0 Å². The fourth-order valence-corrected chi connectivity index (χ4v) is 2.50. The Hall–Kier alpha value is -2.24. The maximum atomic E-state index is 12.1. The second-order valence-corrected chi connectivity index (χ2v) is 5.59. The summed E-state index contributed by atoms with van der Waals surface area (Å²) in [6.45, 7) is 6.73. The molecule has 1 saturated carbocycles. The van der Waals surface area contributed by atoms with E-state index in [1.54, 1.807) is 0 Å². The lowest BCUT2D eigenvalue weighted by atomic mass is 10.1. The lowest BCUT2D eigenvalue weighted by Gasteiger charge is -2.17. The van der Waals surface area contributed by atoms with Crippen molar-refractivity contribution in [3.63, 3.8) is 0 Å². The molecule has 1 aromatic rings. The van der Waals surface area contributed by atoms with Crippen LogP contribution in [0.25, 0.3) is 0 Å². The first-order chi connectivity index (χ1) is 11.0. The number of nitrogens with one attached hydrogen (secondary N) is 1. The van der Waals surface area contributed by atoms with Crippen molar-refractivity contribution in [3.05, 3.63) is 23.8 Å². The number of hydrogen-bond acceptors (Lipinski definition) is 4. The normalized spacial score (nSPS) is 20.5. The van der Waals surface area contributed by atoms with Gasteiger partial charge in [0, 0.05) is 0 Å². The maximum Gasteiger partial charge on any atom is 0.307 e. The largest absolute Gasteiger partial charge is 0.490 e. The van der Waals surface area contributed by atoms with Crippen LogP contribution in [0.15, 0.2) is 18.2 Å². The molecule has 1 aliphatic rings. The van der Waals surface area contributed by atoms with Crippen LogP contribution in [0, 0.1) is 11.8 Å². The van der Waals surface area contributed by atoms with Gasteiger partial charge in [-0.2, -0.15) is 0 Å². The Morgan fingerprint density at radius 3 is 2.43 bits per heavy atom. The number of benzene rings is 1. The first-order valence-electron chi connectivity index (χ1n) is 7.90. The van der Waals surface area contributed by atoms with Crippen LogP contribution in [-0.4, -0.2) is 30.2 Å². The Morgan fingerprint density at radius 2 is 1.87 bits per heavy atom. The molecule has 0 heterocycles. The van der Waals surface area contributed by atoms with Gasteiger partial charge in [0.25, 0.3) is 0 Å². The van der Waals surface area contributed by atoms with E-state index in [2.05, 4.69) is 5.32 Å². The van der Waals surface area contributed by atoms with E-state index in [1.165, 1.54) is 0 Å². The maximum absolute atomic E-state index is 12.1. The van der Waals surface area contributed by atoms with Crippen molar-refractivity contribution in [2.75, 3.05) is 13.2 Å². The van der Waals surface area contributed by atoms with Gasteiger partial charge in [-0.25, -0.2) is 0 Å². The minimum atomic E-state index is -0.905. The van der Waals surface area contributed by atoms with Gasteiger partial charge in [-0.15, -0.1) is 0 Å². The van der Waals surface area contributed by atoms with Crippen LogP contribution in [0.5, 0.6) is 11.5 Å². The molecular formula is C17H23NO5. The highest BCUT2D eigenvalue weighted by Crippen LogP contribution is 2.39. The van der Waals surface area contributed by atoms with E-state index in [0.717, 1.165) is 5.56 Å². The minimum Gasteiger partial charge on any atom is -0.490 e. The zero-order valence-electron chi connectivity index (χ0n) is 13.7. The Morgan fingerprint density at radius 1 is 1.22 bits per heavy atom. The van der Waals surface area contributed by atoms with Crippen LogP contribution >= 0.6 is 0 Å². The Bertz CT molecular complexity index is 586. The van der Waals surface area contributed by atoms with Gasteiger partial charge in [-0.1, -0.05) is 6.07 Å². The van der Waals surface area contributed by atoms with E-state index in [9.17, 15) is 9.59 Å². The third kappa shape index (κ3) is 4.15. The zero-order chi connectivity index (χ0) is 17.0. The smallest absolute Gasteiger partial charge is 0.307 e. The van der Waals surface area contributed by atoms with Crippen molar-refractivity contribution in [2.45, 2.75) is 33.2 Å². The van der Waals surface area contributed by atoms with Crippen molar-refractivity contribution in [2.24, 2.45) is 11.8 Å². The summed E-state index contributed by atoms with van der Waals surface area (Å²) in [6.07, 6.45) is 0.418. The molecule has 1 amide bonds. The van der Waals surface area contributed by atoms with E-state index in [1.807, 2.05) is 39.0 Å². The van der Waals surface area contributed by atoms with E-state index in [-0.39, 0.29) is 11.9 Å². The second kappa shape index (κ2) is 7.35. The molecule has 2 rings (SSSR count). The van der Waals surface area contributed by atoms with E-state index >= 15 is 0 Å². The molecule has 0 spiro atoms. The summed E-state index contributed by atoms with van der Waals surface area (Å²) in [7, 11) is 0. The number of amides is 1. The van der Waals surface area contributed by atoms with Gasteiger partial charge in [0.15, 0.2) is 11.5 Å².